The highest BCUT2D eigenvalue weighted by molar-refractivity contribution is 7.10. The van der Waals surface area contributed by atoms with Crippen molar-refractivity contribution in [1.29, 1.82) is 0 Å². The second-order valence-electron chi connectivity index (χ2n) is 6.57. The van der Waals surface area contributed by atoms with Crippen LogP contribution >= 0.6 is 11.3 Å². The third-order valence-electron chi connectivity index (χ3n) is 4.38. The van der Waals surface area contributed by atoms with Crippen molar-refractivity contribution >= 4 is 23.1 Å². The van der Waals surface area contributed by atoms with Crippen LogP contribution in [0, 0.1) is 6.92 Å². The lowest BCUT2D eigenvalue weighted by Gasteiger charge is -2.20. The van der Waals surface area contributed by atoms with Crippen molar-refractivity contribution in [3.63, 3.8) is 0 Å². The number of benzene rings is 1. The van der Waals surface area contributed by atoms with Gasteiger partial charge in [-0.2, -0.15) is 0 Å². The van der Waals surface area contributed by atoms with E-state index in [4.69, 9.17) is 0 Å². The van der Waals surface area contributed by atoms with Crippen molar-refractivity contribution in [3.05, 3.63) is 51.7 Å². The van der Waals surface area contributed by atoms with Gasteiger partial charge in [-0.3, -0.25) is 0 Å². The molecule has 2 aromatic rings. The number of carbonyl (C=O) groups is 1. The van der Waals surface area contributed by atoms with E-state index < -0.39 is 0 Å². The molecule has 3 rings (SSSR count). The Morgan fingerprint density at radius 3 is 2.42 bits per heavy atom. The summed E-state index contributed by atoms with van der Waals surface area (Å²) >= 11 is 1.80. The third-order valence-corrected chi connectivity index (χ3v) is 5.58. The van der Waals surface area contributed by atoms with Gasteiger partial charge in [-0.05, 0) is 68.3 Å². The Balaban J connectivity index is 1.56. The second kappa shape index (κ2) is 7.36. The number of hydrogen-bond acceptors (Lipinski definition) is 3. The molecule has 2 unspecified atom stereocenters. The standard InChI is InChI=1S/C19H25N3OS/c1-12-10-11-24-18(12)14(3)20-13(2)15-4-6-16(7-5-15)21-19(23)22-17-8-9-17/h4-7,10-11,13-14,17,20H,8-9H2,1-3H3,(H2,21,22,23). The number of carbonyl (C=O) groups excluding carboxylic acids is 1. The van der Waals surface area contributed by atoms with Gasteiger partial charge in [0, 0.05) is 28.7 Å². The minimum atomic E-state index is -0.113. The van der Waals surface area contributed by atoms with Gasteiger partial charge in [-0.1, -0.05) is 12.1 Å². The fourth-order valence-corrected chi connectivity index (χ4v) is 3.76. The summed E-state index contributed by atoms with van der Waals surface area (Å²) in [6.45, 7) is 6.52. The van der Waals surface area contributed by atoms with Crippen LogP contribution in [0.5, 0.6) is 0 Å². The molecule has 0 bridgehead atoms. The van der Waals surface area contributed by atoms with Crippen LogP contribution in [-0.4, -0.2) is 12.1 Å². The van der Waals surface area contributed by atoms with Crippen molar-refractivity contribution in [1.82, 2.24) is 10.6 Å². The van der Waals surface area contributed by atoms with Gasteiger partial charge in [0.05, 0.1) is 0 Å². The lowest BCUT2D eigenvalue weighted by molar-refractivity contribution is 0.251. The van der Waals surface area contributed by atoms with Crippen LogP contribution in [0.3, 0.4) is 0 Å². The van der Waals surface area contributed by atoms with Gasteiger partial charge in [0.15, 0.2) is 0 Å². The van der Waals surface area contributed by atoms with Gasteiger partial charge in [-0.25, -0.2) is 4.79 Å². The Hall–Kier alpha value is -1.85. The predicted molar refractivity (Wildman–Crippen MR) is 101 cm³/mol. The van der Waals surface area contributed by atoms with Crippen LogP contribution in [-0.2, 0) is 0 Å². The van der Waals surface area contributed by atoms with Gasteiger partial charge < -0.3 is 16.0 Å². The summed E-state index contributed by atoms with van der Waals surface area (Å²) in [5.74, 6) is 0. The van der Waals surface area contributed by atoms with E-state index in [1.165, 1.54) is 16.0 Å². The Kier molecular flexibility index (Phi) is 5.21. The van der Waals surface area contributed by atoms with E-state index in [2.05, 4.69) is 60.3 Å². The first-order valence-electron chi connectivity index (χ1n) is 8.50. The fraction of sp³-hybridized carbons (Fsp3) is 0.421. The van der Waals surface area contributed by atoms with E-state index in [-0.39, 0.29) is 12.1 Å². The normalized spacial score (nSPS) is 16.5. The van der Waals surface area contributed by atoms with Gasteiger partial charge in [0.2, 0.25) is 0 Å². The van der Waals surface area contributed by atoms with Crippen molar-refractivity contribution in [2.45, 2.75) is 51.7 Å². The topological polar surface area (TPSA) is 53.2 Å². The molecule has 2 atom stereocenters. The second-order valence-corrected chi connectivity index (χ2v) is 7.52. The molecule has 4 nitrogen and oxygen atoms in total. The number of rotatable bonds is 6. The van der Waals surface area contributed by atoms with E-state index in [1.54, 1.807) is 11.3 Å². The maximum absolute atomic E-state index is 11.8. The molecule has 0 saturated heterocycles. The summed E-state index contributed by atoms with van der Waals surface area (Å²) < 4.78 is 0. The summed E-state index contributed by atoms with van der Waals surface area (Å²) in [5.41, 5.74) is 3.38. The molecule has 1 aromatic heterocycles. The highest BCUT2D eigenvalue weighted by atomic mass is 32.1. The first-order valence-corrected chi connectivity index (χ1v) is 9.38. The average Bonchev–Trinajstić information content (AvgIpc) is 3.25. The van der Waals surface area contributed by atoms with Crippen LogP contribution in [0.25, 0.3) is 0 Å². The zero-order valence-electron chi connectivity index (χ0n) is 14.4. The SMILES string of the molecule is Cc1ccsc1C(C)NC(C)c1ccc(NC(=O)NC2CC2)cc1. The molecule has 1 aliphatic carbocycles. The largest absolute Gasteiger partial charge is 0.335 e. The molecule has 3 N–H and O–H groups in total. The monoisotopic (exact) mass is 343 g/mol. The lowest BCUT2D eigenvalue weighted by atomic mass is 10.1. The summed E-state index contributed by atoms with van der Waals surface area (Å²) in [6, 6.07) is 11.0. The molecule has 0 aliphatic heterocycles. The van der Waals surface area contributed by atoms with E-state index >= 15 is 0 Å². The highest BCUT2D eigenvalue weighted by Gasteiger charge is 2.23. The maximum atomic E-state index is 11.8. The number of thiophene rings is 1. The number of amides is 2. The van der Waals surface area contributed by atoms with Crippen LogP contribution in [0.2, 0.25) is 0 Å². The quantitative estimate of drug-likeness (QED) is 0.709. The van der Waals surface area contributed by atoms with Crippen LogP contribution < -0.4 is 16.0 Å². The van der Waals surface area contributed by atoms with Crippen molar-refractivity contribution in [2.75, 3.05) is 5.32 Å². The molecule has 1 fully saturated rings. The zero-order chi connectivity index (χ0) is 17.1. The highest BCUT2D eigenvalue weighted by Crippen LogP contribution is 2.26. The maximum Gasteiger partial charge on any atom is 0.319 e. The minimum absolute atomic E-state index is 0.113. The Morgan fingerprint density at radius 1 is 1.12 bits per heavy atom. The van der Waals surface area contributed by atoms with E-state index in [1.807, 2.05) is 12.1 Å². The molecular formula is C19H25N3OS. The van der Waals surface area contributed by atoms with Gasteiger partial charge in [0.25, 0.3) is 0 Å². The molecule has 2 amide bonds. The average molecular weight is 343 g/mol. The molecule has 1 heterocycles. The minimum Gasteiger partial charge on any atom is -0.335 e. The zero-order valence-corrected chi connectivity index (χ0v) is 15.2. The Morgan fingerprint density at radius 2 is 1.83 bits per heavy atom. The molecule has 1 saturated carbocycles. The summed E-state index contributed by atoms with van der Waals surface area (Å²) in [4.78, 5) is 13.1. The molecule has 0 spiro atoms. The van der Waals surface area contributed by atoms with E-state index in [9.17, 15) is 4.79 Å². The van der Waals surface area contributed by atoms with Crippen LogP contribution in [0.4, 0.5) is 10.5 Å². The Labute approximate surface area is 147 Å². The third kappa shape index (κ3) is 4.36. The first-order chi connectivity index (χ1) is 11.5. The number of aryl methyl sites for hydroxylation is 1. The Bertz CT molecular complexity index is 691. The molecule has 1 aromatic carbocycles. The summed E-state index contributed by atoms with van der Waals surface area (Å²) in [7, 11) is 0. The predicted octanol–water partition coefficient (Wildman–Crippen LogP) is 4.75. The van der Waals surface area contributed by atoms with Crippen molar-refractivity contribution in [3.8, 4) is 0 Å². The summed E-state index contributed by atoms with van der Waals surface area (Å²) in [5, 5.41) is 11.6. The van der Waals surface area contributed by atoms with Gasteiger partial charge >= 0.3 is 6.03 Å². The van der Waals surface area contributed by atoms with Crippen molar-refractivity contribution in [2.24, 2.45) is 0 Å². The molecular weight excluding hydrogens is 318 g/mol. The van der Waals surface area contributed by atoms with Crippen LogP contribution in [0.1, 0.15) is 54.8 Å². The van der Waals surface area contributed by atoms with E-state index in [0.29, 0.717) is 12.1 Å². The molecule has 24 heavy (non-hydrogen) atoms. The number of hydrogen-bond donors (Lipinski definition) is 3. The molecule has 0 radical (unpaired) electrons. The van der Waals surface area contributed by atoms with Gasteiger partial charge in [-0.15, -0.1) is 11.3 Å². The smallest absolute Gasteiger partial charge is 0.319 e. The number of anilines is 1. The van der Waals surface area contributed by atoms with E-state index in [0.717, 1.165) is 18.5 Å². The number of nitrogens with one attached hydrogen (secondary N) is 3. The molecule has 128 valence electrons. The lowest BCUT2D eigenvalue weighted by Crippen LogP contribution is -2.30. The summed E-state index contributed by atoms with van der Waals surface area (Å²) in [6.07, 6.45) is 2.19. The molecule has 5 heteroatoms. The van der Waals surface area contributed by atoms with Crippen LogP contribution in [0.15, 0.2) is 35.7 Å². The first kappa shape index (κ1) is 17.0. The van der Waals surface area contributed by atoms with Crippen molar-refractivity contribution < 1.29 is 4.79 Å². The van der Waals surface area contributed by atoms with Gasteiger partial charge in [0.1, 0.15) is 0 Å². The number of urea groups is 1. The fourth-order valence-electron chi connectivity index (χ4n) is 2.81. The molecule has 1 aliphatic rings.